The molecular formula is C11H20O. The van der Waals surface area contributed by atoms with Gasteiger partial charge in [0, 0.05) is 0 Å². The molecule has 2 aliphatic rings. The minimum Gasteiger partial charge on any atom is -0.366 e. The molecule has 1 saturated carbocycles. The fourth-order valence-electron chi connectivity index (χ4n) is 2.51. The molecule has 70 valence electrons. The van der Waals surface area contributed by atoms with Crippen LogP contribution in [0.2, 0.25) is 0 Å². The van der Waals surface area contributed by atoms with Crippen molar-refractivity contribution < 1.29 is 4.74 Å². The first-order chi connectivity index (χ1) is 5.74. The summed E-state index contributed by atoms with van der Waals surface area (Å²) in [5.41, 5.74) is 0.299. The Kier molecular flexibility index (Phi) is 2.16. The van der Waals surface area contributed by atoms with E-state index in [2.05, 4.69) is 13.8 Å². The van der Waals surface area contributed by atoms with Crippen molar-refractivity contribution >= 4 is 0 Å². The maximum Gasteiger partial charge on any atom is 0.0920 e. The van der Waals surface area contributed by atoms with Gasteiger partial charge in [0.05, 0.1) is 11.7 Å². The first-order valence-corrected chi connectivity index (χ1v) is 5.42. The second-order valence-corrected chi connectivity index (χ2v) is 4.67. The van der Waals surface area contributed by atoms with Gasteiger partial charge in [-0.05, 0) is 25.7 Å². The van der Waals surface area contributed by atoms with Crippen LogP contribution in [0, 0.1) is 5.92 Å². The van der Waals surface area contributed by atoms with Crippen LogP contribution in [0.15, 0.2) is 0 Å². The fraction of sp³-hybridized carbons (Fsp3) is 1.00. The molecule has 0 bridgehead atoms. The van der Waals surface area contributed by atoms with Crippen LogP contribution in [0.3, 0.4) is 0 Å². The second-order valence-electron chi connectivity index (χ2n) is 4.67. The molecule has 3 unspecified atom stereocenters. The van der Waals surface area contributed by atoms with Crippen LogP contribution in [0.1, 0.15) is 52.4 Å². The number of fused-ring (bicyclic) bond motifs is 1. The summed E-state index contributed by atoms with van der Waals surface area (Å²) in [6.07, 6.45) is 8.82. The molecule has 12 heavy (non-hydrogen) atoms. The second kappa shape index (κ2) is 3.02. The third kappa shape index (κ3) is 1.52. The lowest BCUT2D eigenvalue weighted by atomic mass is 9.85. The van der Waals surface area contributed by atoms with E-state index >= 15 is 0 Å². The van der Waals surface area contributed by atoms with E-state index in [0.717, 1.165) is 5.92 Å². The zero-order chi connectivity index (χ0) is 8.60. The summed E-state index contributed by atoms with van der Waals surface area (Å²) in [4.78, 5) is 0. The SMILES string of the molecule is CCC1CCCCC2(C)OC2C1. The Morgan fingerprint density at radius 3 is 3.00 bits per heavy atom. The highest BCUT2D eigenvalue weighted by Crippen LogP contribution is 2.46. The summed E-state index contributed by atoms with van der Waals surface area (Å²) >= 11 is 0. The highest BCUT2D eigenvalue weighted by Gasteiger charge is 2.52. The summed E-state index contributed by atoms with van der Waals surface area (Å²) < 4.78 is 5.76. The molecule has 0 amide bonds. The molecule has 1 saturated heterocycles. The van der Waals surface area contributed by atoms with Crippen LogP contribution in [0.4, 0.5) is 0 Å². The van der Waals surface area contributed by atoms with E-state index in [-0.39, 0.29) is 0 Å². The van der Waals surface area contributed by atoms with Gasteiger partial charge in [-0.1, -0.05) is 32.6 Å². The Hall–Kier alpha value is -0.0400. The molecule has 0 aromatic rings. The maximum atomic E-state index is 5.76. The van der Waals surface area contributed by atoms with Crippen LogP contribution in [0.5, 0.6) is 0 Å². The van der Waals surface area contributed by atoms with Crippen molar-refractivity contribution in [2.24, 2.45) is 5.92 Å². The molecule has 0 aromatic carbocycles. The number of hydrogen-bond acceptors (Lipinski definition) is 1. The van der Waals surface area contributed by atoms with E-state index in [4.69, 9.17) is 4.74 Å². The minimum absolute atomic E-state index is 0.299. The molecule has 0 radical (unpaired) electrons. The van der Waals surface area contributed by atoms with Gasteiger partial charge in [0.1, 0.15) is 0 Å². The number of hydrogen-bond donors (Lipinski definition) is 0. The predicted molar refractivity (Wildman–Crippen MR) is 50.1 cm³/mol. The zero-order valence-electron chi connectivity index (χ0n) is 8.31. The third-order valence-corrected chi connectivity index (χ3v) is 3.70. The predicted octanol–water partition coefficient (Wildman–Crippen LogP) is 3.13. The molecule has 0 N–H and O–H groups in total. The van der Waals surface area contributed by atoms with Crippen molar-refractivity contribution in [3.63, 3.8) is 0 Å². The smallest absolute Gasteiger partial charge is 0.0920 e. The first kappa shape index (κ1) is 8.55. The molecule has 1 aliphatic carbocycles. The molecule has 1 aliphatic heterocycles. The van der Waals surface area contributed by atoms with Crippen LogP contribution < -0.4 is 0 Å². The summed E-state index contributed by atoms with van der Waals surface area (Å²) in [6.45, 7) is 4.60. The molecule has 3 atom stereocenters. The van der Waals surface area contributed by atoms with Crippen LogP contribution in [-0.4, -0.2) is 11.7 Å². The molecule has 1 heteroatoms. The average Bonchev–Trinajstić information content (AvgIpc) is 2.63. The Bertz CT molecular complexity index is 166. The summed E-state index contributed by atoms with van der Waals surface area (Å²) in [5, 5.41) is 0. The Morgan fingerprint density at radius 1 is 1.42 bits per heavy atom. The molecular weight excluding hydrogens is 148 g/mol. The van der Waals surface area contributed by atoms with E-state index in [1.165, 1.54) is 38.5 Å². The lowest BCUT2D eigenvalue weighted by Gasteiger charge is -2.17. The average molecular weight is 168 g/mol. The number of ether oxygens (including phenoxy) is 1. The van der Waals surface area contributed by atoms with Gasteiger partial charge >= 0.3 is 0 Å². The normalized spacial score (nSPS) is 47.5. The third-order valence-electron chi connectivity index (χ3n) is 3.70. The quantitative estimate of drug-likeness (QED) is 0.548. The molecule has 1 heterocycles. The van der Waals surface area contributed by atoms with Gasteiger partial charge in [0.15, 0.2) is 0 Å². The summed E-state index contributed by atoms with van der Waals surface area (Å²) in [7, 11) is 0. The van der Waals surface area contributed by atoms with E-state index in [1.54, 1.807) is 0 Å². The maximum absolute atomic E-state index is 5.76. The number of rotatable bonds is 1. The summed E-state index contributed by atoms with van der Waals surface area (Å²) in [6, 6.07) is 0. The van der Waals surface area contributed by atoms with Gasteiger partial charge in [-0.15, -0.1) is 0 Å². The molecule has 0 spiro atoms. The van der Waals surface area contributed by atoms with Gasteiger partial charge in [-0.25, -0.2) is 0 Å². The molecule has 1 nitrogen and oxygen atoms in total. The Morgan fingerprint density at radius 2 is 2.25 bits per heavy atom. The lowest BCUT2D eigenvalue weighted by Crippen LogP contribution is -2.16. The highest BCUT2D eigenvalue weighted by molar-refractivity contribution is 5.00. The van der Waals surface area contributed by atoms with Gasteiger partial charge in [-0.3, -0.25) is 0 Å². The van der Waals surface area contributed by atoms with Gasteiger partial charge in [0.2, 0.25) is 0 Å². The molecule has 0 aromatic heterocycles. The zero-order valence-corrected chi connectivity index (χ0v) is 8.31. The van der Waals surface area contributed by atoms with Crippen molar-refractivity contribution in [2.45, 2.75) is 64.1 Å². The van der Waals surface area contributed by atoms with Crippen molar-refractivity contribution in [2.75, 3.05) is 0 Å². The standard InChI is InChI=1S/C11H20O/c1-3-9-6-4-5-7-11(2)10(8-9)12-11/h9-10H,3-8H2,1-2H3. The van der Waals surface area contributed by atoms with E-state index < -0.39 is 0 Å². The highest BCUT2D eigenvalue weighted by atomic mass is 16.6. The first-order valence-electron chi connectivity index (χ1n) is 5.42. The van der Waals surface area contributed by atoms with Gasteiger partial charge < -0.3 is 4.74 Å². The lowest BCUT2D eigenvalue weighted by molar-refractivity contribution is 0.291. The monoisotopic (exact) mass is 168 g/mol. The van der Waals surface area contributed by atoms with E-state index in [0.29, 0.717) is 11.7 Å². The van der Waals surface area contributed by atoms with Gasteiger partial charge in [-0.2, -0.15) is 0 Å². The summed E-state index contributed by atoms with van der Waals surface area (Å²) in [5.74, 6) is 0.942. The minimum atomic E-state index is 0.299. The topological polar surface area (TPSA) is 12.5 Å². The van der Waals surface area contributed by atoms with Gasteiger partial charge in [0.25, 0.3) is 0 Å². The van der Waals surface area contributed by atoms with Crippen LogP contribution in [0.25, 0.3) is 0 Å². The van der Waals surface area contributed by atoms with Crippen molar-refractivity contribution in [3.05, 3.63) is 0 Å². The van der Waals surface area contributed by atoms with Crippen molar-refractivity contribution in [1.29, 1.82) is 0 Å². The van der Waals surface area contributed by atoms with Crippen molar-refractivity contribution in [1.82, 2.24) is 0 Å². The van der Waals surface area contributed by atoms with E-state index in [9.17, 15) is 0 Å². The Balaban J connectivity index is 1.92. The molecule has 2 fully saturated rings. The molecule has 2 rings (SSSR count). The van der Waals surface area contributed by atoms with Crippen LogP contribution in [-0.2, 0) is 4.74 Å². The number of epoxide rings is 1. The Labute approximate surface area is 75.5 Å². The van der Waals surface area contributed by atoms with E-state index in [1.807, 2.05) is 0 Å². The largest absolute Gasteiger partial charge is 0.366 e. The van der Waals surface area contributed by atoms with Crippen molar-refractivity contribution in [3.8, 4) is 0 Å². The van der Waals surface area contributed by atoms with Crippen LogP contribution >= 0.6 is 0 Å². The fourth-order valence-corrected chi connectivity index (χ4v) is 2.51.